The summed E-state index contributed by atoms with van der Waals surface area (Å²) in [5.41, 5.74) is 0.569. The van der Waals surface area contributed by atoms with E-state index < -0.39 is 5.97 Å². The fraction of sp³-hybridized carbons (Fsp3) is 0.273. The molecule has 1 aromatic carbocycles. The minimum absolute atomic E-state index is 0.0643. The van der Waals surface area contributed by atoms with Gasteiger partial charge < -0.3 is 10.2 Å². The normalized spacial score (nSPS) is 10.8. The number of halogens is 1. The highest BCUT2D eigenvalue weighted by molar-refractivity contribution is 6.30. The van der Waals surface area contributed by atoms with Gasteiger partial charge in [0.1, 0.15) is 5.75 Å². The number of benzene rings is 1. The summed E-state index contributed by atoms with van der Waals surface area (Å²) >= 11 is 5.67. The number of aromatic hydroxyl groups is 1. The van der Waals surface area contributed by atoms with Crippen molar-refractivity contribution < 1.29 is 15.0 Å². The van der Waals surface area contributed by atoms with E-state index in [2.05, 4.69) is 4.99 Å². The van der Waals surface area contributed by atoms with E-state index in [1.54, 1.807) is 12.1 Å². The molecule has 0 atom stereocenters. The first kappa shape index (κ1) is 12.5. The van der Waals surface area contributed by atoms with Crippen molar-refractivity contribution in [2.24, 2.45) is 4.99 Å². The van der Waals surface area contributed by atoms with Gasteiger partial charge in [-0.05, 0) is 24.6 Å². The molecule has 0 aliphatic rings. The summed E-state index contributed by atoms with van der Waals surface area (Å²) in [6.45, 7) is 0.425. The Balaban J connectivity index is 2.47. The van der Waals surface area contributed by atoms with Crippen LogP contribution in [0.1, 0.15) is 18.4 Å². The molecule has 0 heterocycles. The smallest absolute Gasteiger partial charge is 0.303 e. The number of aliphatic imine (C=N–C) groups is 1. The van der Waals surface area contributed by atoms with Crippen molar-refractivity contribution in [2.45, 2.75) is 12.8 Å². The molecule has 0 radical (unpaired) electrons. The molecule has 4 nitrogen and oxygen atoms in total. The van der Waals surface area contributed by atoms with Crippen molar-refractivity contribution in [1.82, 2.24) is 0 Å². The first-order valence-corrected chi connectivity index (χ1v) is 5.17. The van der Waals surface area contributed by atoms with Gasteiger partial charge in [0.15, 0.2) is 0 Å². The lowest BCUT2D eigenvalue weighted by molar-refractivity contribution is -0.137. The fourth-order valence-electron chi connectivity index (χ4n) is 1.11. The van der Waals surface area contributed by atoms with E-state index in [9.17, 15) is 9.90 Å². The SMILES string of the molecule is O=C(O)CCCN=Cc1ccc(Cl)cc1O. The molecule has 0 unspecified atom stereocenters. The van der Waals surface area contributed by atoms with Crippen LogP contribution in [0.3, 0.4) is 0 Å². The minimum atomic E-state index is -0.829. The molecule has 0 aliphatic carbocycles. The minimum Gasteiger partial charge on any atom is -0.507 e. The maximum atomic E-state index is 10.2. The van der Waals surface area contributed by atoms with E-state index in [1.165, 1.54) is 12.3 Å². The largest absolute Gasteiger partial charge is 0.507 e. The highest BCUT2D eigenvalue weighted by atomic mass is 35.5. The van der Waals surface area contributed by atoms with Crippen LogP contribution in [-0.4, -0.2) is 28.9 Å². The van der Waals surface area contributed by atoms with E-state index in [-0.39, 0.29) is 12.2 Å². The molecule has 0 aromatic heterocycles. The van der Waals surface area contributed by atoms with Crippen molar-refractivity contribution in [2.75, 3.05) is 6.54 Å². The molecule has 0 aliphatic heterocycles. The molecule has 0 saturated heterocycles. The standard InChI is InChI=1S/C11H12ClNO3/c12-9-4-3-8(10(14)6-9)7-13-5-1-2-11(15)16/h3-4,6-7,14H,1-2,5H2,(H,15,16). The van der Waals surface area contributed by atoms with Gasteiger partial charge in [-0.2, -0.15) is 0 Å². The summed E-state index contributed by atoms with van der Waals surface area (Å²) in [4.78, 5) is 14.2. The zero-order valence-electron chi connectivity index (χ0n) is 8.56. The number of rotatable bonds is 5. The maximum Gasteiger partial charge on any atom is 0.303 e. The molecule has 16 heavy (non-hydrogen) atoms. The van der Waals surface area contributed by atoms with Crippen molar-refractivity contribution in [3.63, 3.8) is 0 Å². The summed E-state index contributed by atoms with van der Waals surface area (Å²) < 4.78 is 0. The zero-order chi connectivity index (χ0) is 12.0. The topological polar surface area (TPSA) is 69.9 Å². The molecule has 1 aromatic rings. The van der Waals surface area contributed by atoms with Gasteiger partial charge in [-0.1, -0.05) is 11.6 Å². The Morgan fingerprint density at radius 3 is 2.88 bits per heavy atom. The van der Waals surface area contributed by atoms with Crippen LogP contribution in [0.5, 0.6) is 5.75 Å². The molecule has 86 valence electrons. The van der Waals surface area contributed by atoms with E-state index in [1.807, 2.05) is 0 Å². The molecular weight excluding hydrogens is 230 g/mol. The lowest BCUT2D eigenvalue weighted by Crippen LogP contribution is -1.95. The number of carboxylic acid groups (broad SMARTS) is 1. The Morgan fingerprint density at radius 1 is 1.50 bits per heavy atom. The average molecular weight is 242 g/mol. The number of phenols is 1. The van der Waals surface area contributed by atoms with Crippen LogP contribution in [0.4, 0.5) is 0 Å². The maximum absolute atomic E-state index is 10.2. The first-order chi connectivity index (χ1) is 7.59. The molecule has 2 N–H and O–H groups in total. The number of aliphatic carboxylic acids is 1. The van der Waals surface area contributed by atoms with Gasteiger partial charge in [0.25, 0.3) is 0 Å². The lowest BCUT2D eigenvalue weighted by Gasteiger charge is -1.98. The first-order valence-electron chi connectivity index (χ1n) is 4.80. The Kier molecular flexibility index (Phi) is 4.79. The average Bonchev–Trinajstić information content (AvgIpc) is 2.20. The van der Waals surface area contributed by atoms with Crippen LogP contribution in [0.15, 0.2) is 23.2 Å². The number of hydrogen-bond donors (Lipinski definition) is 2. The highest BCUT2D eigenvalue weighted by Gasteiger charge is 1.98. The molecular formula is C11H12ClNO3. The molecule has 0 amide bonds. The van der Waals surface area contributed by atoms with Crippen molar-refractivity contribution in [1.29, 1.82) is 0 Å². The third-order valence-electron chi connectivity index (χ3n) is 1.90. The van der Waals surface area contributed by atoms with Gasteiger partial charge in [0.2, 0.25) is 0 Å². The number of carboxylic acids is 1. The Labute approximate surface area is 98.2 Å². The van der Waals surface area contributed by atoms with Crippen LogP contribution in [0.2, 0.25) is 5.02 Å². The molecule has 0 bridgehead atoms. The Bertz CT molecular complexity index is 404. The number of carbonyl (C=O) groups is 1. The molecule has 1 rings (SSSR count). The van der Waals surface area contributed by atoms with Crippen molar-refractivity contribution in [3.05, 3.63) is 28.8 Å². The Morgan fingerprint density at radius 2 is 2.25 bits per heavy atom. The van der Waals surface area contributed by atoms with Crippen molar-refractivity contribution in [3.8, 4) is 5.75 Å². The predicted molar refractivity (Wildman–Crippen MR) is 62.4 cm³/mol. The second kappa shape index (κ2) is 6.12. The van der Waals surface area contributed by atoms with Gasteiger partial charge in [-0.15, -0.1) is 0 Å². The van der Waals surface area contributed by atoms with Gasteiger partial charge in [0.05, 0.1) is 0 Å². The van der Waals surface area contributed by atoms with Gasteiger partial charge in [-0.25, -0.2) is 0 Å². The molecule has 0 fully saturated rings. The third-order valence-corrected chi connectivity index (χ3v) is 2.14. The number of phenolic OH excluding ortho intramolecular Hbond substituents is 1. The van der Waals surface area contributed by atoms with E-state index >= 15 is 0 Å². The second-order valence-corrected chi connectivity index (χ2v) is 3.67. The summed E-state index contributed by atoms with van der Waals surface area (Å²) in [7, 11) is 0. The van der Waals surface area contributed by atoms with E-state index in [0.29, 0.717) is 23.6 Å². The van der Waals surface area contributed by atoms with Crippen molar-refractivity contribution >= 4 is 23.8 Å². The number of nitrogens with zero attached hydrogens (tertiary/aromatic N) is 1. The summed E-state index contributed by atoms with van der Waals surface area (Å²) in [6.07, 6.45) is 2.09. The summed E-state index contributed by atoms with van der Waals surface area (Å²) in [5, 5.41) is 18.3. The van der Waals surface area contributed by atoms with Gasteiger partial charge >= 0.3 is 5.97 Å². The fourth-order valence-corrected chi connectivity index (χ4v) is 1.28. The van der Waals surface area contributed by atoms with Crippen LogP contribution >= 0.6 is 11.6 Å². The lowest BCUT2D eigenvalue weighted by atomic mass is 10.2. The van der Waals surface area contributed by atoms with Gasteiger partial charge in [-0.3, -0.25) is 9.79 Å². The van der Waals surface area contributed by atoms with Crippen LogP contribution in [-0.2, 0) is 4.79 Å². The third kappa shape index (κ3) is 4.31. The molecule has 0 spiro atoms. The van der Waals surface area contributed by atoms with E-state index in [0.717, 1.165) is 0 Å². The molecule has 5 heteroatoms. The summed E-state index contributed by atoms with van der Waals surface area (Å²) in [5.74, 6) is -0.765. The van der Waals surface area contributed by atoms with E-state index in [4.69, 9.17) is 16.7 Å². The second-order valence-electron chi connectivity index (χ2n) is 3.24. The monoisotopic (exact) mass is 241 g/mol. The van der Waals surface area contributed by atoms with Crippen LogP contribution in [0.25, 0.3) is 0 Å². The predicted octanol–water partition coefficient (Wildman–Crippen LogP) is 2.33. The Hall–Kier alpha value is -1.55. The van der Waals surface area contributed by atoms with Crippen LogP contribution in [0, 0.1) is 0 Å². The van der Waals surface area contributed by atoms with Gasteiger partial charge in [0, 0.05) is 29.8 Å². The summed E-state index contributed by atoms with van der Waals surface area (Å²) in [6, 6.07) is 4.73. The van der Waals surface area contributed by atoms with Crippen LogP contribution < -0.4 is 0 Å². The number of hydrogen-bond acceptors (Lipinski definition) is 3. The quantitative estimate of drug-likeness (QED) is 0.614. The molecule has 0 saturated carbocycles. The highest BCUT2D eigenvalue weighted by Crippen LogP contribution is 2.20. The zero-order valence-corrected chi connectivity index (χ0v) is 9.31.